The minimum absolute atomic E-state index is 0.0561. The normalized spacial score (nSPS) is 14.1. The van der Waals surface area contributed by atoms with E-state index in [2.05, 4.69) is 82.6 Å². The SMILES string of the molecule is [2H]c1c([2H])c([2H])c(N2c3ccc(N(c4ccccc4)c4ccccc4)cc3C3(c4cc(N(c5ccccc5)c5ccccc5)ccc42)c2cccnc2-c2ncccc23)c([2H])c1[2H]. The Labute approximate surface area is 345 Å². The van der Waals surface area contributed by atoms with Crippen molar-refractivity contribution < 1.29 is 6.85 Å². The molecule has 58 heavy (non-hydrogen) atoms. The molecule has 11 rings (SSSR count). The van der Waals surface area contributed by atoms with Gasteiger partial charge in [-0.25, -0.2) is 0 Å². The number of nitrogens with zero attached hydrogens (tertiary/aromatic N) is 5. The summed E-state index contributed by atoms with van der Waals surface area (Å²) in [5, 5.41) is 0. The molecule has 9 aromatic rings. The summed E-state index contributed by atoms with van der Waals surface area (Å²) in [6.07, 6.45) is 3.60. The molecular weight excluding hydrogens is 707 g/mol. The van der Waals surface area contributed by atoms with Gasteiger partial charge in [0.05, 0.1) is 35.0 Å². The van der Waals surface area contributed by atoms with Gasteiger partial charge in [0.2, 0.25) is 0 Å². The van der Waals surface area contributed by atoms with Crippen LogP contribution in [0.1, 0.15) is 29.1 Å². The molecule has 1 aliphatic heterocycles. The van der Waals surface area contributed by atoms with Gasteiger partial charge < -0.3 is 14.7 Å². The maximum atomic E-state index is 9.41. The predicted octanol–water partition coefficient (Wildman–Crippen LogP) is 13.6. The van der Waals surface area contributed by atoms with Crippen molar-refractivity contribution in [2.24, 2.45) is 0 Å². The van der Waals surface area contributed by atoms with Gasteiger partial charge in [0.1, 0.15) is 0 Å². The van der Waals surface area contributed by atoms with Crippen LogP contribution in [0.3, 0.4) is 0 Å². The van der Waals surface area contributed by atoms with Crippen LogP contribution >= 0.6 is 0 Å². The zero-order chi connectivity index (χ0) is 42.8. The number of rotatable bonds is 7. The first kappa shape index (κ1) is 28.6. The second-order valence-corrected chi connectivity index (χ2v) is 14.3. The molecule has 0 atom stereocenters. The lowest BCUT2D eigenvalue weighted by molar-refractivity contribution is 0.749. The number of aromatic nitrogens is 2. The van der Waals surface area contributed by atoms with Crippen molar-refractivity contribution in [3.8, 4) is 11.4 Å². The van der Waals surface area contributed by atoms with Crippen LogP contribution in [0.15, 0.2) is 225 Å². The van der Waals surface area contributed by atoms with Crippen LogP contribution < -0.4 is 14.7 Å². The Hall–Kier alpha value is -7.76. The molecule has 2 aromatic heterocycles. The molecule has 1 aliphatic carbocycles. The second-order valence-electron chi connectivity index (χ2n) is 14.3. The fourth-order valence-electron chi connectivity index (χ4n) is 8.91. The minimum Gasteiger partial charge on any atom is -0.310 e. The van der Waals surface area contributed by atoms with E-state index in [1.54, 1.807) is 12.4 Å². The molecule has 7 aromatic carbocycles. The number of hydrogen-bond donors (Lipinski definition) is 0. The summed E-state index contributed by atoms with van der Waals surface area (Å²) in [7, 11) is 0. The summed E-state index contributed by atoms with van der Waals surface area (Å²) in [6.45, 7) is 0. The molecule has 0 unspecified atom stereocenters. The van der Waals surface area contributed by atoms with Crippen molar-refractivity contribution in [2.45, 2.75) is 5.41 Å². The first-order chi connectivity index (χ1) is 30.9. The molecule has 0 bridgehead atoms. The molecule has 5 heteroatoms. The third-order valence-electron chi connectivity index (χ3n) is 11.2. The van der Waals surface area contributed by atoms with Crippen LogP contribution in [0, 0.1) is 0 Å². The highest BCUT2D eigenvalue weighted by Gasteiger charge is 2.53. The highest BCUT2D eigenvalue weighted by Crippen LogP contribution is 2.64. The van der Waals surface area contributed by atoms with Gasteiger partial charge in [0.25, 0.3) is 0 Å². The molecule has 0 N–H and O–H groups in total. The highest BCUT2D eigenvalue weighted by molar-refractivity contribution is 5.97. The van der Waals surface area contributed by atoms with Crippen molar-refractivity contribution in [3.63, 3.8) is 0 Å². The number of para-hydroxylation sites is 5. The zero-order valence-electron chi connectivity index (χ0n) is 36.2. The maximum Gasteiger partial charge on any atom is 0.0937 e. The Morgan fingerprint density at radius 2 is 0.793 bits per heavy atom. The van der Waals surface area contributed by atoms with Crippen LogP contribution in [-0.4, -0.2) is 9.97 Å². The van der Waals surface area contributed by atoms with E-state index < -0.39 is 23.5 Å². The molecule has 3 heterocycles. The van der Waals surface area contributed by atoms with E-state index in [0.29, 0.717) is 11.4 Å². The number of fused-ring (bicyclic) bond motifs is 9. The lowest BCUT2D eigenvalue weighted by Crippen LogP contribution is -2.36. The van der Waals surface area contributed by atoms with Crippen molar-refractivity contribution in [1.29, 1.82) is 0 Å². The van der Waals surface area contributed by atoms with E-state index in [1.807, 2.05) is 114 Å². The number of pyridine rings is 2. The lowest BCUT2D eigenvalue weighted by atomic mass is 9.64. The third kappa shape index (κ3) is 5.17. The monoisotopic (exact) mass is 748 g/mol. The molecule has 0 saturated heterocycles. The smallest absolute Gasteiger partial charge is 0.0937 e. The fourth-order valence-corrected chi connectivity index (χ4v) is 8.91. The quantitative estimate of drug-likeness (QED) is 0.162. The third-order valence-corrected chi connectivity index (χ3v) is 11.2. The average molecular weight is 749 g/mol. The van der Waals surface area contributed by atoms with Crippen LogP contribution in [-0.2, 0) is 5.41 Å². The Kier molecular flexibility index (Phi) is 6.79. The predicted molar refractivity (Wildman–Crippen MR) is 237 cm³/mol. The molecule has 0 radical (unpaired) electrons. The molecule has 2 aliphatic rings. The van der Waals surface area contributed by atoms with Gasteiger partial charge in [0, 0.05) is 52.2 Å². The van der Waals surface area contributed by atoms with Gasteiger partial charge in [0.15, 0.2) is 0 Å². The van der Waals surface area contributed by atoms with Gasteiger partial charge in [-0.1, -0.05) is 103 Å². The summed E-state index contributed by atoms with van der Waals surface area (Å²) in [5.41, 5.74) is 10.9. The summed E-state index contributed by atoms with van der Waals surface area (Å²) in [5.74, 6) is 0. The van der Waals surface area contributed by atoms with Gasteiger partial charge in [-0.2, -0.15) is 0 Å². The molecule has 274 valence electrons. The molecular formula is C53H37N5. The average Bonchev–Trinajstić information content (AvgIpc) is 3.63. The van der Waals surface area contributed by atoms with Gasteiger partial charge in [-0.15, -0.1) is 0 Å². The first-order valence-corrected chi connectivity index (χ1v) is 19.3. The Balaban J connectivity index is 1.30. The van der Waals surface area contributed by atoms with Crippen LogP contribution in [0.5, 0.6) is 0 Å². The highest BCUT2D eigenvalue weighted by atomic mass is 15.2. The van der Waals surface area contributed by atoms with E-state index in [1.165, 1.54) is 0 Å². The van der Waals surface area contributed by atoms with Gasteiger partial charge in [-0.3, -0.25) is 9.97 Å². The second kappa shape index (κ2) is 13.8. The lowest BCUT2D eigenvalue weighted by Gasteiger charge is -2.45. The van der Waals surface area contributed by atoms with Crippen molar-refractivity contribution in [2.75, 3.05) is 14.7 Å². The summed E-state index contributed by atoms with van der Waals surface area (Å²) in [6, 6.07) is 59.6. The standard InChI is InChI=1S/C53H37N5/c1-6-18-38(19-7-1)56(39-20-8-2-9-21-39)43-30-32-49-47(36-43)53(45-28-16-34-54-51(45)52-46(53)29-17-35-55-52)48-37-44(31-33-50(48)58(49)42-26-14-5-15-27-42)57(40-22-10-3-11-23-40)41-24-12-4-13-25-41/h1-37H/i5D,14D,15D,26D,27D. The largest absolute Gasteiger partial charge is 0.310 e. The number of benzene rings is 7. The topological polar surface area (TPSA) is 35.5 Å². The molecule has 0 amide bonds. The Morgan fingerprint density at radius 3 is 1.19 bits per heavy atom. The van der Waals surface area contributed by atoms with Gasteiger partial charge in [-0.05, 0) is 131 Å². The van der Waals surface area contributed by atoms with E-state index >= 15 is 0 Å². The number of anilines is 9. The van der Waals surface area contributed by atoms with Gasteiger partial charge >= 0.3 is 0 Å². The first-order valence-electron chi connectivity index (χ1n) is 21.8. The minimum atomic E-state index is -1.05. The Bertz CT molecular complexity index is 2920. The van der Waals surface area contributed by atoms with Crippen molar-refractivity contribution >= 4 is 51.2 Å². The van der Waals surface area contributed by atoms with Crippen LogP contribution in [0.2, 0.25) is 0 Å². The molecule has 0 fully saturated rings. The summed E-state index contributed by atoms with van der Waals surface area (Å²) < 4.78 is 45.1. The van der Waals surface area contributed by atoms with Crippen molar-refractivity contribution in [1.82, 2.24) is 9.97 Å². The van der Waals surface area contributed by atoms with E-state index in [-0.39, 0.29) is 17.8 Å². The van der Waals surface area contributed by atoms with Crippen LogP contribution in [0.25, 0.3) is 11.4 Å². The van der Waals surface area contributed by atoms with E-state index in [9.17, 15) is 2.74 Å². The molecule has 0 saturated carbocycles. The number of hydrogen-bond acceptors (Lipinski definition) is 5. The zero-order valence-corrected chi connectivity index (χ0v) is 31.2. The fraction of sp³-hybridized carbons (Fsp3) is 0.0189. The van der Waals surface area contributed by atoms with E-state index in [4.69, 9.17) is 14.1 Å². The maximum absolute atomic E-state index is 9.41. The molecule has 5 nitrogen and oxygen atoms in total. The Morgan fingerprint density at radius 1 is 0.397 bits per heavy atom. The van der Waals surface area contributed by atoms with Crippen molar-refractivity contribution in [3.05, 3.63) is 247 Å². The summed E-state index contributed by atoms with van der Waals surface area (Å²) >= 11 is 0. The van der Waals surface area contributed by atoms with Crippen LogP contribution in [0.4, 0.5) is 51.2 Å². The summed E-state index contributed by atoms with van der Waals surface area (Å²) in [4.78, 5) is 16.3. The van der Waals surface area contributed by atoms with E-state index in [0.717, 1.165) is 67.8 Å². The molecule has 1 spiro atoms.